The molecule has 21 heavy (non-hydrogen) atoms. The largest absolute Gasteiger partial charge is 0.392 e. The average molecular weight is 281 g/mol. The maximum absolute atomic E-state index is 12.2. The molecule has 0 spiro atoms. The molecule has 1 aliphatic carbocycles. The first-order chi connectivity index (χ1) is 10.3. The van der Waals surface area contributed by atoms with Crippen molar-refractivity contribution in [2.45, 2.75) is 32.3 Å². The van der Waals surface area contributed by atoms with Gasteiger partial charge in [-0.1, -0.05) is 36.4 Å². The van der Waals surface area contributed by atoms with Crippen molar-refractivity contribution in [3.8, 4) is 0 Å². The maximum Gasteiger partial charge on any atom is 0.228 e. The number of nitrogens with one attached hydrogen (secondary N) is 1. The van der Waals surface area contributed by atoms with E-state index in [0.717, 1.165) is 24.0 Å². The van der Waals surface area contributed by atoms with Gasteiger partial charge in [-0.05, 0) is 42.0 Å². The number of para-hydroxylation sites is 1. The molecule has 1 aliphatic rings. The smallest absolute Gasteiger partial charge is 0.228 e. The number of hydrogen-bond acceptors (Lipinski definition) is 2. The number of aryl methyl sites for hydroxylation is 2. The molecule has 0 saturated carbocycles. The Morgan fingerprint density at radius 2 is 1.90 bits per heavy atom. The van der Waals surface area contributed by atoms with Gasteiger partial charge in [0.05, 0.1) is 13.0 Å². The molecule has 0 atom stereocenters. The average Bonchev–Trinajstić information content (AvgIpc) is 2.95. The number of benzene rings is 2. The molecule has 0 aromatic heterocycles. The Kier molecular flexibility index (Phi) is 4.02. The van der Waals surface area contributed by atoms with E-state index in [9.17, 15) is 9.90 Å². The molecule has 3 nitrogen and oxygen atoms in total. The summed E-state index contributed by atoms with van der Waals surface area (Å²) in [4.78, 5) is 12.2. The Hall–Kier alpha value is -2.13. The standard InChI is InChI=1S/C18H19NO2/c20-12-16-4-1-2-7-17(16)19-18(21)11-13-8-9-14-5-3-6-15(14)10-13/h1-2,4,7-10,20H,3,5-6,11-12H2,(H,19,21). The van der Waals surface area contributed by atoms with E-state index in [1.807, 2.05) is 30.3 Å². The van der Waals surface area contributed by atoms with Gasteiger partial charge in [0.2, 0.25) is 5.91 Å². The van der Waals surface area contributed by atoms with E-state index >= 15 is 0 Å². The molecule has 2 aromatic carbocycles. The van der Waals surface area contributed by atoms with Crippen molar-refractivity contribution in [2.75, 3.05) is 5.32 Å². The van der Waals surface area contributed by atoms with E-state index in [1.165, 1.54) is 17.5 Å². The first-order valence-corrected chi connectivity index (χ1v) is 7.35. The van der Waals surface area contributed by atoms with Crippen LogP contribution in [-0.2, 0) is 30.7 Å². The highest BCUT2D eigenvalue weighted by Gasteiger charge is 2.12. The summed E-state index contributed by atoms with van der Waals surface area (Å²) in [5.41, 5.74) is 5.28. The predicted molar refractivity (Wildman–Crippen MR) is 83.2 cm³/mol. The number of aliphatic hydroxyl groups is 1. The van der Waals surface area contributed by atoms with Crippen molar-refractivity contribution in [1.82, 2.24) is 0 Å². The molecule has 3 rings (SSSR count). The Balaban J connectivity index is 1.69. The van der Waals surface area contributed by atoms with Crippen LogP contribution in [-0.4, -0.2) is 11.0 Å². The lowest BCUT2D eigenvalue weighted by Crippen LogP contribution is -2.15. The highest BCUT2D eigenvalue weighted by atomic mass is 16.3. The van der Waals surface area contributed by atoms with Gasteiger partial charge in [-0.15, -0.1) is 0 Å². The van der Waals surface area contributed by atoms with E-state index in [1.54, 1.807) is 0 Å². The molecule has 0 heterocycles. The van der Waals surface area contributed by atoms with Gasteiger partial charge in [-0.25, -0.2) is 0 Å². The van der Waals surface area contributed by atoms with Gasteiger partial charge >= 0.3 is 0 Å². The van der Waals surface area contributed by atoms with Crippen LogP contribution in [0.15, 0.2) is 42.5 Å². The number of carbonyl (C=O) groups excluding carboxylic acids is 1. The van der Waals surface area contributed by atoms with E-state index in [0.29, 0.717) is 12.1 Å². The Morgan fingerprint density at radius 1 is 1.10 bits per heavy atom. The minimum atomic E-state index is -0.0741. The lowest BCUT2D eigenvalue weighted by atomic mass is 10.0. The van der Waals surface area contributed by atoms with E-state index in [2.05, 4.69) is 17.4 Å². The fourth-order valence-electron chi connectivity index (χ4n) is 2.90. The summed E-state index contributed by atoms with van der Waals surface area (Å²) in [6, 6.07) is 13.7. The van der Waals surface area contributed by atoms with Gasteiger partial charge in [0.25, 0.3) is 0 Å². The summed E-state index contributed by atoms with van der Waals surface area (Å²) in [7, 11) is 0. The minimum Gasteiger partial charge on any atom is -0.392 e. The first-order valence-electron chi connectivity index (χ1n) is 7.35. The highest BCUT2D eigenvalue weighted by Crippen LogP contribution is 2.23. The Labute approximate surface area is 124 Å². The summed E-state index contributed by atoms with van der Waals surface area (Å²) in [5, 5.41) is 12.2. The molecule has 0 bridgehead atoms. The topological polar surface area (TPSA) is 49.3 Å². The van der Waals surface area contributed by atoms with Crippen LogP contribution in [0.2, 0.25) is 0 Å². The van der Waals surface area contributed by atoms with Crippen LogP contribution in [0.4, 0.5) is 5.69 Å². The Bertz CT molecular complexity index is 664. The third kappa shape index (κ3) is 3.14. The quantitative estimate of drug-likeness (QED) is 0.905. The molecule has 0 radical (unpaired) electrons. The first kappa shape index (κ1) is 13.8. The summed E-state index contributed by atoms with van der Waals surface area (Å²) >= 11 is 0. The minimum absolute atomic E-state index is 0.0474. The second kappa shape index (κ2) is 6.10. The van der Waals surface area contributed by atoms with Gasteiger partial charge in [0.1, 0.15) is 0 Å². The predicted octanol–water partition coefficient (Wildman–Crippen LogP) is 2.85. The summed E-state index contributed by atoms with van der Waals surface area (Å²) in [5.74, 6) is -0.0474. The number of fused-ring (bicyclic) bond motifs is 1. The number of hydrogen-bond donors (Lipinski definition) is 2. The number of aliphatic hydroxyl groups excluding tert-OH is 1. The third-order valence-corrected chi connectivity index (χ3v) is 3.99. The van der Waals surface area contributed by atoms with E-state index in [4.69, 9.17) is 0 Å². The molecule has 0 saturated heterocycles. The molecular formula is C18H19NO2. The summed E-state index contributed by atoms with van der Waals surface area (Å²) < 4.78 is 0. The zero-order chi connectivity index (χ0) is 14.7. The zero-order valence-corrected chi connectivity index (χ0v) is 11.9. The van der Waals surface area contributed by atoms with Crippen LogP contribution >= 0.6 is 0 Å². The molecule has 2 aromatic rings. The molecule has 0 aliphatic heterocycles. The molecule has 1 amide bonds. The number of rotatable bonds is 4. The second-order valence-electron chi connectivity index (χ2n) is 5.50. The molecule has 3 heteroatoms. The molecule has 2 N–H and O–H groups in total. The maximum atomic E-state index is 12.2. The molecule has 0 unspecified atom stereocenters. The van der Waals surface area contributed by atoms with Gasteiger partial charge in [-0.2, -0.15) is 0 Å². The normalized spacial score (nSPS) is 13.0. The fraction of sp³-hybridized carbons (Fsp3) is 0.278. The highest BCUT2D eigenvalue weighted by molar-refractivity contribution is 5.93. The van der Waals surface area contributed by atoms with Crippen molar-refractivity contribution < 1.29 is 9.90 Å². The molecular weight excluding hydrogens is 262 g/mol. The second-order valence-corrected chi connectivity index (χ2v) is 5.50. The monoisotopic (exact) mass is 281 g/mol. The van der Waals surface area contributed by atoms with Crippen molar-refractivity contribution >= 4 is 11.6 Å². The van der Waals surface area contributed by atoms with Crippen LogP contribution in [0.5, 0.6) is 0 Å². The van der Waals surface area contributed by atoms with Crippen LogP contribution in [0, 0.1) is 0 Å². The van der Waals surface area contributed by atoms with Crippen LogP contribution in [0.3, 0.4) is 0 Å². The van der Waals surface area contributed by atoms with Gasteiger partial charge in [0, 0.05) is 11.3 Å². The zero-order valence-electron chi connectivity index (χ0n) is 11.9. The van der Waals surface area contributed by atoms with Crippen molar-refractivity contribution in [3.05, 3.63) is 64.7 Å². The van der Waals surface area contributed by atoms with Crippen molar-refractivity contribution in [3.63, 3.8) is 0 Å². The number of anilines is 1. The van der Waals surface area contributed by atoms with Gasteiger partial charge < -0.3 is 10.4 Å². The lowest BCUT2D eigenvalue weighted by molar-refractivity contribution is -0.115. The summed E-state index contributed by atoms with van der Waals surface area (Å²) in [6.45, 7) is -0.0741. The third-order valence-electron chi connectivity index (χ3n) is 3.99. The fourth-order valence-corrected chi connectivity index (χ4v) is 2.90. The van der Waals surface area contributed by atoms with Gasteiger partial charge in [0.15, 0.2) is 0 Å². The number of amides is 1. The SMILES string of the molecule is O=C(Cc1ccc2c(c1)CCC2)Nc1ccccc1CO. The lowest BCUT2D eigenvalue weighted by Gasteiger charge is -2.10. The molecule has 108 valence electrons. The van der Waals surface area contributed by atoms with Gasteiger partial charge in [-0.3, -0.25) is 4.79 Å². The van der Waals surface area contributed by atoms with Crippen LogP contribution < -0.4 is 5.32 Å². The van der Waals surface area contributed by atoms with E-state index in [-0.39, 0.29) is 12.5 Å². The molecule has 0 fully saturated rings. The van der Waals surface area contributed by atoms with Crippen molar-refractivity contribution in [2.24, 2.45) is 0 Å². The number of carbonyl (C=O) groups is 1. The summed E-state index contributed by atoms with van der Waals surface area (Å²) in [6.07, 6.45) is 3.87. The van der Waals surface area contributed by atoms with Crippen molar-refractivity contribution in [1.29, 1.82) is 0 Å². The Morgan fingerprint density at radius 3 is 2.76 bits per heavy atom. The van der Waals surface area contributed by atoms with Crippen LogP contribution in [0.1, 0.15) is 28.7 Å². The van der Waals surface area contributed by atoms with E-state index < -0.39 is 0 Å². The van der Waals surface area contributed by atoms with Crippen LogP contribution in [0.25, 0.3) is 0 Å².